The molecule has 1 atom stereocenters. The highest BCUT2D eigenvalue weighted by Gasteiger charge is 2.35. The number of nitrogens with one attached hydrogen (secondary N) is 2. The van der Waals surface area contributed by atoms with Gasteiger partial charge in [-0.1, -0.05) is 23.2 Å². The Balaban J connectivity index is 1.58. The largest absolute Gasteiger partial charge is 0.450 e. The molecule has 2 aliphatic rings. The van der Waals surface area contributed by atoms with Gasteiger partial charge in [0.2, 0.25) is 21.8 Å². The zero-order chi connectivity index (χ0) is 30.6. The second-order valence-corrected chi connectivity index (χ2v) is 13.2. The first-order chi connectivity index (χ1) is 19.9. The number of hydrogen-bond donors (Lipinski definition) is 2. The molecular weight excluding hydrogens is 636 g/mol. The summed E-state index contributed by atoms with van der Waals surface area (Å²) in [6, 6.07) is 3.14. The number of halogens is 3. The summed E-state index contributed by atoms with van der Waals surface area (Å²) in [6.07, 6.45) is 0.181. The Morgan fingerprint density at radius 2 is 1.79 bits per heavy atom. The van der Waals surface area contributed by atoms with Crippen LogP contribution in [0.5, 0.6) is 0 Å². The molecule has 4 rings (SSSR count). The lowest BCUT2D eigenvalue weighted by atomic mass is 10.2. The summed E-state index contributed by atoms with van der Waals surface area (Å²) in [6.45, 7) is 2.08. The first-order valence-electron chi connectivity index (χ1n) is 13.0. The van der Waals surface area contributed by atoms with Gasteiger partial charge in [-0.2, -0.15) is 4.72 Å². The molecule has 12 nitrogen and oxygen atoms in total. The van der Waals surface area contributed by atoms with E-state index in [0.29, 0.717) is 16.8 Å². The predicted molar refractivity (Wildman–Crippen MR) is 154 cm³/mol. The molecule has 2 N–H and O–H groups in total. The molecule has 0 aliphatic carbocycles. The Kier molecular flexibility index (Phi) is 10.3. The lowest BCUT2D eigenvalue weighted by molar-refractivity contribution is -0.134. The summed E-state index contributed by atoms with van der Waals surface area (Å²) in [5.74, 6) is -2.55. The Hall–Kier alpha value is -2.98. The van der Waals surface area contributed by atoms with Crippen molar-refractivity contribution in [1.29, 1.82) is 0 Å². The molecule has 3 heterocycles. The van der Waals surface area contributed by atoms with E-state index in [-0.39, 0.29) is 67.2 Å². The molecule has 1 unspecified atom stereocenters. The van der Waals surface area contributed by atoms with E-state index < -0.39 is 51.2 Å². The van der Waals surface area contributed by atoms with Gasteiger partial charge in [0.1, 0.15) is 16.8 Å². The van der Waals surface area contributed by atoms with Crippen LogP contribution in [-0.4, -0.2) is 93.9 Å². The summed E-state index contributed by atoms with van der Waals surface area (Å²) in [5, 5.41) is 2.15. The molecule has 2 saturated heterocycles. The van der Waals surface area contributed by atoms with E-state index in [1.807, 2.05) is 0 Å². The monoisotopic (exact) mass is 663 g/mol. The third-order valence-electron chi connectivity index (χ3n) is 6.62. The van der Waals surface area contributed by atoms with Gasteiger partial charge in [-0.3, -0.25) is 14.4 Å². The number of anilines is 1. The number of carbonyl (C=O) groups excluding carboxylic acids is 4. The van der Waals surface area contributed by atoms with Gasteiger partial charge >= 0.3 is 6.09 Å². The number of thiophene rings is 1. The fraction of sp³-hybridized carbons (Fsp3) is 0.440. The van der Waals surface area contributed by atoms with Crippen molar-refractivity contribution < 1.29 is 36.7 Å². The van der Waals surface area contributed by atoms with Crippen LogP contribution in [0.1, 0.15) is 29.4 Å². The summed E-state index contributed by atoms with van der Waals surface area (Å²) < 4.78 is 49.3. The van der Waals surface area contributed by atoms with E-state index in [9.17, 15) is 32.0 Å². The molecule has 2 fully saturated rings. The van der Waals surface area contributed by atoms with Gasteiger partial charge in [-0.15, -0.1) is 11.3 Å². The lowest BCUT2D eigenvalue weighted by Gasteiger charge is -2.36. The van der Waals surface area contributed by atoms with Crippen LogP contribution in [0.3, 0.4) is 0 Å². The zero-order valence-electron chi connectivity index (χ0n) is 22.4. The molecular formula is C25H28Cl2FN5O7S2. The van der Waals surface area contributed by atoms with Crippen LogP contribution in [0.2, 0.25) is 9.36 Å². The molecule has 228 valence electrons. The Morgan fingerprint density at radius 1 is 1.10 bits per heavy atom. The normalized spacial score (nSPS) is 16.5. The van der Waals surface area contributed by atoms with Crippen molar-refractivity contribution in [2.24, 2.45) is 0 Å². The van der Waals surface area contributed by atoms with E-state index in [1.54, 1.807) is 6.92 Å². The molecule has 2 aromatic rings. The molecule has 0 bridgehead atoms. The van der Waals surface area contributed by atoms with E-state index >= 15 is 0 Å². The first kappa shape index (κ1) is 31.9. The maximum Gasteiger partial charge on any atom is 0.409 e. The fourth-order valence-electron chi connectivity index (χ4n) is 4.54. The van der Waals surface area contributed by atoms with Gasteiger partial charge < -0.3 is 24.8 Å². The van der Waals surface area contributed by atoms with Gasteiger partial charge in [0.15, 0.2) is 0 Å². The SMILES string of the molecule is CCOC(=O)N1CCN(C(=O)C(CNC(=O)c2ccc(Cl)s2)NS(=O)(=O)c2cc(F)cc(N3CCCC3=O)c2Cl)CC1. The van der Waals surface area contributed by atoms with Crippen molar-refractivity contribution >= 4 is 74.1 Å². The van der Waals surface area contributed by atoms with Crippen molar-refractivity contribution in [3.05, 3.63) is 44.3 Å². The van der Waals surface area contributed by atoms with Gasteiger partial charge in [0.25, 0.3) is 5.91 Å². The third kappa shape index (κ3) is 7.32. The lowest BCUT2D eigenvalue weighted by Crippen LogP contribution is -2.58. The summed E-state index contributed by atoms with van der Waals surface area (Å²) in [4.78, 5) is 54.1. The number of ether oxygens (including phenoxy) is 1. The van der Waals surface area contributed by atoms with E-state index in [0.717, 1.165) is 17.4 Å². The van der Waals surface area contributed by atoms with Crippen LogP contribution in [0, 0.1) is 5.82 Å². The highest BCUT2D eigenvalue weighted by molar-refractivity contribution is 7.89. The van der Waals surface area contributed by atoms with Gasteiger partial charge in [-0.25, -0.2) is 17.6 Å². The van der Waals surface area contributed by atoms with Crippen LogP contribution in [0.4, 0.5) is 14.9 Å². The average Bonchev–Trinajstić information content (AvgIpc) is 3.59. The maximum atomic E-state index is 14.6. The van der Waals surface area contributed by atoms with Crippen LogP contribution in [-0.2, 0) is 24.3 Å². The number of piperazine rings is 1. The number of carbonyl (C=O) groups is 4. The number of nitrogens with zero attached hydrogens (tertiary/aromatic N) is 3. The molecule has 0 spiro atoms. The van der Waals surface area contributed by atoms with Crippen molar-refractivity contribution in [3.8, 4) is 0 Å². The highest BCUT2D eigenvalue weighted by Crippen LogP contribution is 2.35. The summed E-state index contributed by atoms with van der Waals surface area (Å²) in [5.41, 5.74) is -0.0969. The second-order valence-electron chi connectivity index (χ2n) is 9.38. The minimum Gasteiger partial charge on any atom is -0.450 e. The minimum absolute atomic E-state index is 0.0757. The van der Waals surface area contributed by atoms with Crippen LogP contribution >= 0.6 is 34.5 Å². The Labute approximate surface area is 255 Å². The highest BCUT2D eigenvalue weighted by atomic mass is 35.5. The Bertz CT molecular complexity index is 1480. The zero-order valence-corrected chi connectivity index (χ0v) is 25.5. The van der Waals surface area contributed by atoms with Crippen LogP contribution < -0.4 is 14.9 Å². The van der Waals surface area contributed by atoms with Gasteiger partial charge in [0, 0.05) is 45.7 Å². The summed E-state index contributed by atoms with van der Waals surface area (Å²) in [7, 11) is -4.67. The molecule has 2 aliphatic heterocycles. The number of sulfonamides is 1. The predicted octanol–water partition coefficient (Wildman–Crippen LogP) is 2.70. The van der Waals surface area contributed by atoms with E-state index in [2.05, 4.69) is 10.0 Å². The van der Waals surface area contributed by atoms with Crippen molar-refractivity contribution in [1.82, 2.24) is 19.8 Å². The smallest absolute Gasteiger partial charge is 0.409 e. The van der Waals surface area contributed by atoms with Crippen LogP contribution in [0.25, 0.3) is 0 Å². The van der Waals surface area contributed by atoms with Crippen molar-refractivity contribution in [2.45, 2.75) is 30.7 Å². The number of rotatable bonds is 9. The van der Waals surface area contributed by atoms with E-state index in [4.69, 9.17) is 27.9 Å². The van der Waals surface area contributed by atoms with Gasteiger partial charge in [0.05, 0.1) is 26.5 Å². The molecule has 0 saturated carbocycles. The number of benzene rings is 1. The molecule has 1 aromatic heterocycles. The topological polar surface area (TPSA) is 145 Å². The van der Waals surface area contributed by atoms with Gasteiger partial charge in [-0.05, 0) is 37.6 Å². The standard InChI is InChI=1S/C25H28Cl2FN5O7S2/c1-2-40-25(37)32-10-8-31(9-11-32)24(36)16(14-29-23(35)18-5-6-20(26)41-18)30-42(38,39)19-13-15(28)12-17(22(19)27)33-7-3-4-21(33)34/h5-6,12-13,16,30H,2-4,7-11,14H2,1H3,(H,29,35). The maximum absolute atomic E-state index is 14.6. The fourth-order valence-corrected chi connectivity index (χ4v) is 7.31. The Morgan fingerprint density at radius 3 is 2.38 bits per heavy atom. The van der Waals surface area contributed by atoms with Crippen molar-refractivity contribution in [2.75, 3.05) is 50.8 Å². The molecule has 1 aromatic carbocycles. The summed E-state index contributed by atoms with van der Waals surface area (Å²) >= 11 is 13.3. The van der Waals surface area contributed by atoms with Crippen LogP contribution in [0.15, 0.2) is 29.2 Å². The number of hydrogen-bond acceptors (Lipinski definition) is 8. The minimum atomic E-state index is -4.67. The molecule has 4 amide bonds. The quantitative estimate of drug-likeness (QED) is 0.420. The third-order valence-corrected chi connectivity index (χ3v) is 9.85. The average molecular weight is 665 g/mol. The number of amides is 4. The van der Waals surface area contributed by atoms with Crippen molar-refractivity contribution in [3.63, 3.8) is 0 Å². The first-order valence-corrected chi connectivity index (χ1v) is 16.0. The van der Waals surface area contributed by atoms with E-state index in [1.165, 1.54) is 26.8 Å². The second kappa shape index (κ2) is 13.5. The molecule has 0 radical (unpaired) electrons. The molecule has 17 heteroatoms. The molecule has 42 heavy (non-hydrogen) atoms.